The first-order chi connectivity index (χ1) is 12.5. The zero-order valence-corrected chi connectivity index (χ0v) is 14.9. The summed E-state index contributed by atoms with van der Waals surface area (Å²) in [5, 5.41) is 6.88. The smallest absolute Gasteiger partial charge is 0.221 e. The van der Waals surface area contributed by atoms with E-state index in [-0.39, 0.29) is 11.8 Å². The molecule has 4 rings (SSSR count). The van der Waals surface area contributed by atoms with Gasteiger partial charge in [0.2, 0.25) is 11.8 Å². The minimum absolute atomic E-state index is 0.0598. The molecule has 1 heterocycles. The highest BCUT2D eigenvalue weighted by Crippen LogP contribution is 2.38. The molecule has 1 aliphatic carbocycles. The molecule has 0 saturated heterocycles. The second kappa shape index (κ2) is 6.33. The van der Waals surface area contributed by atoms with Gasteiger partial charge in [-0.1, -0.05) is 6.07 Å². The van der Waals surface area contributed by atoms with Gasteiger partial charge in [0, 0.05) is 47.4 Å². The lowest BCUT2D eigenvalue weighted by atomic mass is 10.0. The van der Waals surface area contributed by atoms with Gasteiger partial charge in [-0.15, -0.1) is 0 Å². The normalized spacial score (nSPS) is 12.8. The van der Waals surface area contributed by atoms with Gasteiger partial charge >= 0.3 is 0 Å². The molecule has 0 aliphatic heterocycles. The molecule has 2 amide bonds. The molecule has 1 aromatic heterocycles. The van der Waals surface area contributed by atoms with E-state index in [0.29, 0.717) is 0 Å². The van der Waals surface area contributed by atoms with E-state index in [9.17, 15) is 9.59 Å². The second-order valence-electron chi connectivity index (χ2n) is 6.83. The highest BCUT2D eigenvalue weighted by Gasteiger charge is 2.19. The van der Waals surface area contributed by atoms with Crippen molar-refractivity contribution < 1.29 is 9.59 Å². The molecule has 3 aromatic rings. The summed E-state index contributed by atoms with van der Waals surface area (Å²) >= 11 is 0. The number of aryl methyl sites for hydroxylation is 2. The maximum atomic E-state index is 11.4. The van der Waals surface area contributed by atoms with Gasteiger partial charge < -0.3 is 15.6 Å². The van der Waals surface area contributed by atoms with Crippen molar-refractivity contribution in [2.75, 3.05) is 10.6 Å². The summed E-state index contributed by atoms with van der Waals surface area (Å²) in [6.45, 7) is 3.04. The lowest BCUT2D eigenvalue weighted by molar-refractivity contribution is -0.115. The summed E-state index contributed by atoms with van der Waals surface area (Å²) in [4.78, 5) is 26.2. The number of nitrogens with one attached hydrogen (secondary N) is 3. The Morgan fingerprint density at radius 1 is 0.923 bits per heavy atom. The van der Waals surface area contributed by atoms with Crippen molar-refractivity contribution in [3.8, 4) is 11.3 Å². The van der Waals surface area contributed by atoms with Crippen LogP contribution in [-0.2, 0) is 22.4 Å². The van der Waals surface area contributed by atoms with Crippen LogP contribution in [0.25, 0.3) is 22.2 Å². The van der Waals surface area contributed by atoms with Crippen molar-refractivity contribution in [1.82, 2.24) is 4.98 Å². The van der Waals surface area contributed by atoms with Gasteiger partial charge in [0.25, 0.3) is 0 Å². The second-order valence-corrected chi connectivity index (χ2v) is 6.83. The first kappa shape index (κ1) is 16.4. The Morgan fingerprint density at radius 3 is 2.35 bits per heavy atom. The zero-order chi connectivity index (χ0) is 18.3. The molecular formula is C21H21N3O2. The van der Waals surface area contributed by atoms with Crippen LogP contribution >= 0.6 is 0 Å². The molecule has 2 aromatic carbocycles. The number of carbonyl (C=O) groups excluding carboxylic acids is 2. The van der Waals surface area contributed by atoms with Gasteiger partial charge in [0.1, 0.15) is 0 Å². The van der Waals surface area contributed by atoms with Crippen molar-refractivity contribution in [2.24, 2.45) is 0 Å². The number of H-pyrrole nitrogens is 1. The summed E-state index contributed by atoms with van der Waals surface area (Å²) in [5.41, 5.74) is 7.58. The molecular weight excluding hydrogens is 326 g/mol. The summed E-state index contributed by atoms with van der Waals surface area (Å²) in [5.74, 6) is -0.128. The van der Waals surface area contributed by atoms with Crippen molar-refractivity contribution in [2.45, 2.75) is 33.1 Å². The summed E-state index contributed by atoms with van der Waals surface area (Å²) in [6.07, 6.45) is 2.99. The summed E-state index contributed by atoms with van der Waals surface area (Å²) in [7, 11) is 0. The molecule has 5 nitrogen and oxygen atoms in total. The first-order valence-electron chi connectivity index (χ1n) is 8.84. The van der Waals surface area contributed by atoms with Crippen molar-refractivity contribution in [3.05, 3.63) is 47.5 Å². The number of amides is 2. The van der Waals surface area contributed by atoms with E-state index >= 15 is 0 Å². The maximum Gasteiger partial charge on any atom is 0.221 e. The van der Waals surface area contributed by atoms with Crippen LogP contribution in [0.2, 0.25) is 0 Å². The third-order valence-corrected chi connectivity index (χ3v) is 4.79. The van der Waals surface area contributed by atoms with E-state index in [4.69, 9.17) is 0 Å². The Bertz CT molecular complexity index is 1030. The molecule has 0 atom stereocenters. The molecule has 5 heteroatoms. The number of aromatic nitrogens is 1. The topological polar surface area (TPSA) is 74.0 Å². The lowest BCUT2D eigenvalue weighted by Gasteiger charge is -2.09. The number of hydrogen-bond donors (Lipinski definition) is 3. The fraction of sp³-hybridized carbons (Fsp3) is 0.238. The Balaban J connectivity index is 1.83. The predicted molar refractivity (Wildman–Crippen MR) is 104 cm³/mol. The zero-order valence-electron chi connectivity index (χ0n) is 14.9. The molecule has 1 aliphatic rings. The van der Waals surface area contributed by atoms with Gasteiger partial charge in [0.05, 0.1) is 0 Å². The monoisotopic (exact) mass is 347 g/mol. The van der Waals surface area contributed by atoms with E-state index in [2.05, 4.69) is 27.8 Å². The largest absolute Gasteiger partial charge is 0.354 e. The van der Waals surface area contributed by atoms with Crippen molar-refractivity contribution in [1.29, 1.82) is 0 Å². The van der Waals surface area contributed by atoms with Crippen LogP contribution in [0.3, 0.4) is 0 Å². The molecule has 0 radical (unpaired) electrons. The van der Waals surface area contributed by atoms with E-state index < -0.39 is 0 Å². The fourth-order valence-electron chi connectivity index (χ4n) is 3.80. The highest BCUT2D eigenvalue weighted by molar-refractivity contribution is 5.97. The molecule has 0 spiro atoms. The summed E-state index contributed by atoms with van der Waals surface area (Å²) < 4.78 is 0. The van der Waals surface area contributed by atoms with Crippen LogP contribution in [0.4, 0.5) is 11.4 Å². The Morgan fingerprint density at radius 2 is 1.62 bits per heavy atom. The van der Waals surface area contributed by atoms with Gasteiger partial charge in [-0.3, -0.25) is 9.59 Å². The third-order valence-electron chi connectivity index (χ3n) is 4.79. The SMILES string of the molecule is CC(=O)Nc1ccc2c(c1)CCCc1c-2[nH]c2ccc(NC(C)=O)cc12. The molecule has 0 unspecified atom stereocenters. The number of rotatable bonds is 2. The molecule has 3 N–H and O–H groups in total. The van der Waals surface area contributed by atoms with Crippen molar-refractivity contribution in [3.63, 3.8) is 0 Å². The summed E-state index contributed by atoms with van der Waals surface area (Å²) in [6, 6.07) is 12.1. The number of hydrogen-bond acceptors (Lipinski definition) is 2. The molecule has 26 heavy (non-hydrogen) atoms. The number of fused-ring (bicyclic) bond motifs is 5. The Hall–Kier alpha value is -3.08. The molecule has 0 saturated carbocycles. The Labute approximate surface area is 151 Å². The number of benzene rings is 2. The highest BCUT2D eigenvalue weighted by atomic mass is 16.2. The van der Waals surface area contributed by atoms with Crippen LogP contribution in [-0.4, -0.2) is 16.8 Å². The maximum absolute atomic E-state index is 11.4. The molecule has 132 valence electrons. The van der Waals surface area contributed by atoms with E-state index in [1.807, 2.05) is 24.3 Å². The van der Waals surface area contributed by atoms with Crippen LogP contribution in [0.15, 0.2) is 36.4 Å². The minimum atomic E-state index is -0.0678. The number of aromatic amines is 1. The van der Waals surface area contributed by atoms with Crippen LogP contribution < -0.4 is 10.6 Å². The fourth-order valence-corrected chi connectivity index (χ4v) is 3.80. The lowest BCUT2D eigenvalue weighted by Crippen LogP contribution is -2.06. The number of carbonyl (C=O) groups is 2. The first-order valence-corrected chi connectivity index (χ1v) is 8.84. The van der Waals surface area contributed by atoms with E-state index in [1.54, 1.807) is 0 Å². The Kier molecular flexibility index (Phi) is 3.99. The van der Waals surface area contributed by atoms with Crippen LogP contribution in [0.1, 0.15) is 31.4 Å². The van der Waals surface area contributed by atoms with Gasteiger partial charge in [-0.25, -0.2) is 0 Å². The van der Waals surface area contributed by atoms with Gasteiger partial charge in [-0.2, -0.15) is 0 Å². The quantitative estimate of drug-likeness (QED) is 0.649. The standard InChI is InChI=1S/C21H21N3O2/c1-12(25)22-15-6-8-17-14(10-15)4-3-5-18-19-11-16(23-13(2)26)7-9-20(19)24-21(17)18/h6-11,24H,3-5H2,1-2H3,(H,22,25)(H,23,26). The third kappa shape index (κ3) is 2.96. The van der Waals surface area contributed by atoms with Gasteiger partial charge in [-0.05, 0) is 60.7 Å². The van der Waals surface area contributed by atoms with Crippen molar-refractivity contribution >= 4 is 34.1 Å². The van der Waals surface area contributed by atoms with E-state index in [0.717, 1.165) is 47.2 Å². The van der Waals surface area contributed by atoms with Crippen LogP contribution in [0.5, 0.6) is 0 Å². The molecule has 0 bridgehead atoms. The van der Waals surface area contributed by atoms with E-state index in [1.165, 1.54) is 30.5 Å². The van der Waals surface area contributed by atoms with Crippen LogP contribution in [0, 0.1) is 0 Å². The number of anilines is 2. The minimum Gasteiger partial charge on any atom is -0.354 e. The van der Waals surface area contributed by atoms with Gasteiger partial charge in [0.15, 0.2) is 0 Å². The average molecular weight is 347 g/mol. The average Bonchev–Trinajstić information content (AvgIpc) is 2.82. The molecule has 0 fully saturated rings. The predicted octanol–water partition coefficient (Wildman–Crippen LogP) is 4.24.